The molecule has 152 valence electrons. The first kappa shape index (κ1) is 17.9. The van der Waals surface area contributed by atoms with E-state index < -0.39 is 29.1 Å². The third kappa shape index (κ3) is 2.19. The number of anilines is 1. The third-order valence-electron chi connectivity index (χ3n) is 6.90. The Labute approximate surface area is 177 Å². The second-order valence-electron chi connectivity index (χ2n) is 8.26. The van der Waals surface area contributed by atoms with Gasteiger partial charge in [0.05, 0.1) is 23.1 Å². The van der Waals surface area contributed by atoms with Crippen LogP contribution in [-0.2, 0) is 9.59 Å². The highest BCUT2D eigenvalue weighted by molar-refractivity contribution is 6.23. The SMILES string of the molecule is O=C(O)c1cc(N2C(=O)[C@@H]3C4c5ccccc5C(c5ccccc54)[C@@H]3C2=O)ccc1[O-]. The van der Waals surface area contributed by atoms with E-state index in [-0.39, 0.29) is 29.3 Å². The van der Waals surface area contributed by atoms with E-state index in [0.717, 1.165) is 39.3 Å². The summed E-state index contributed by atoms with van der Waals surface area (Å²) in [6, 6.07) is 19.4. The maximum Gasteiger partial charge on any atom is 0.335 e. The van der Waals surface area contributed by atoms with E-state index in [1.165, 1.54) is 6.07 Å². The molecule has 0 radical (unpaired) electrons. The largest absolute Gasteiger partial charge is 0.872 e. The summed E-state index contributed by atoms with van der Waals surface area (Å²) in [6.45, 7) is 0. The van der Waals surface area contributed by atoms with Gasteiger partial charge in [-0.1, -0.05) is 60.3 Å². The zero-order chi connectivity index (χ0) is 21.4. The topological polar surface area (TPSA) is 97.7 Å². The Morgan fingerprint density at radius 2 is 1.23 bits per heavy atom. The summed E-state index contributed by atoms with van der Waals surface area (Å²) >= 11 is 0. The smallest absolute Gasteiger partial charge is 0.335 e. The van der Waals surface area contributed by atoms with Crippen LogP contribution in [0.2, 0.25) is 0 Å². The molecule has 0 saturated carbocycles. The monoisotopic (exact) mass is 410 g/mol. The minimum Gasteiger partial charge on any atom is -0.872 e. The predicted molar refractivity (Wildman–Crippen MR) is 109 cm³/mol. The molecule has 2 bridgehead atoms. The van der Waals surface area contributed by atoms with Crippen molar-refractivity contribution in [1.29, 1.82) is 0 Å². The molecule has 4 aliphatic rings. The van der Waals surface area contributed by atoms with Crippen LogP contribution in [-0.4, -0.2) is 22.9 Å². The van der Waals surface area contributed by atoms with E-state index in [9.17, 15) is 24.6 Å². The highest BCUT2D eigenvalue weighted by Gasteiger charge is 2.61. The van der Waals surface area contributed by atoms with Crippen LogP contribution >= 0.6 is 0 Å². The second-order valence-corrected chi connectivity index (χ2v) is 8.26. The summed E-state index contributed by atoms with van der Waals surface area (Å²) in [5.74, 6) is -4.31. The van der Waals surface area contributed by atoms with Gasteiger partial charge in [-0.2, -0.15) is 0 Å². The zero-order valence-electron chi connectivity index (χ0n) is 16.2. The summed E-state index contributed by atoms with van der Waals surface area (Å²) in [4.78, 5) is 39.7. The molecule has 1 heterocycles. The van der Waals surface area contributed by atoms with Crippen molar-refractivity contribution >= 4 is 23.5 Å². The van der Waals surface area contributed by atoms with E-state index in [0.29, 0.717) is 0 Å². The molecule has 1 aliphatic heterocycles. The minimum absolute atomic E-state index is 0.133. The molecular formula is C25H16NO5-. The number of carbonyl (C=O) groups excluding carboxylic acids is 2. The van der Waals surface area contributed by atoms with Gasteiger partial charge in [0.25, 0.3) is 0 Å². The molecular weight excluding hydrogens is 394 g/mol. The van der Waals surface area contributed by atoms with Crippen molar-refractivity contribution < 1.29 is 24.6 Å². The van der Waals surface area contributed by atoms with Gasteiger partial charge < -0.3 is 10.2 Å². The molecule has 3 aromatic rings. The van der Waals surface area contributed by atoms with E-state index in [4.69, 9.17) is 0 Å². The summed E-state index contributed by atoms with van der Waals surface area (Å²) < 4.78 is 0. The number of imide groups is 1. The van der Waals surface area contributed by atoms with Crippen molar-refractivity contribution in [2.75, 3.05) is 4.90 Å². The van der Waals surface area contributed by atoms with Gasteiger partial charge in [-0.05, 0) is 34.4 Å². The second kappa shape index (κ2) is 6.04. The number of benzene rings is 3. The normalized spacial score (nSPS) is 25.2. The lowest BCUT2D eigenvalue weighted by Gasteiger charge is -2.45. The van der Waals surface area contributed by atoms with Gasteiger partial charge in [0.1, 0.15) is 0 Å². The fourth-order valence-electron chi connectivity index (χ4n) is 5.76. The van der Waals surface area contributed by atoms with E-state index in [2.05, 4.69) is 0 Å². The highest BCUT2D eigenvalue weighted by Crippen LogP contribution is 2.61. The van der Waals surface area contributed by atoms with E-state index >= 15 is 0 Å². The van der Waals surface area contributed by atoms with Crippen LogP contribution in [0, 0.1) is 11.8 Å². The Hall–Kier alpha value is -3.93. The highest BCUT2D eigenvalue weighted by atomic mass is 16.4. The number of amides is 2. The fraction of sp³-hybridized carbons (Fsp3) is 0.160. The molecule has 3 aromatic carbocycles. The average Bonchev–Trinajstić information content (AvgIpc) is 3.05. The summed E-state index contributed by atoms with van der Waals surface area (Å²) in [5.41, 5.74) is 3.94. The van der Waals surface area contributed by atoms with Crippen LogP contribution in [0.15, 0.2) is 66.7 Å². The Balaban J connectivity index is 1.54. The maximum atomic E-state index is 13.6. The van der Waals surface area contributed by atoms with Crippen LogP contribution in [0.5, 0.6) is 5.75 Å². The molecule has 1 fully saturated rings. The minimum atomic E-state index is -1.39. The molecule has 1 saturated heterocycles. The number of carboxylic acids is 1. The van der Waals surface area contributed by atoms with Gasteiger partial charge in [0.15, 0.2) is 0 Å². The molecule has 7 rings (SSSR count). The summed E-state index contributed by atoms with van der Waals surface area (Å²) in [7, 11) is 0. The number of aromatic carboxylic acids is 1. The van der Waals surface area contributed by atoms with E-state index in [1.54, 1.807) is 0 Å². The first-order valence-electron chi connectivity index (χ1n) is 10.1. The van der Waals surface area contributed by atoms with Crippen LogP contribution < -0.4 is 10.0 Å². The maximum absolute atomic E-state index is 13.6. The molecule has 2 atom stereocenters. The Kier molecular flexibility index (Phi) is 3.49. The van der Waals surface area contributed by atoms with Gasteiger partial charge in [0.2, 0.25) is 11.8 Å². The molecule has 6 heteroatoms. The Morgan fingerprint density at radius 1 is 0.774 bits per heavy atom. The van der Waals surface area contributed by atoms with Crippen molar-refractivity contribution in [3.05, 3.63) is 94.5 Å². The number of carboxylic acid groups (broad SMARTS) is 1. The first-order valence-corrected chi connectivity index (χ1v) is 10.1. The molecule has 0 unspecified atom stereocenters. The number of rotatable bonds is 2. The number of hydrogen-bond acceptors (Lipinski definition) is 4. The van der Waals surface area contributed by atoms with Crippen LogP contribution in [0.4, 0.5) is 5.69 Å². The average molecular weight is 410 g/mol. The van der Waals surface area contributed by atoms with Crippen LogP contribution in [0.1, 0.15) is 44.4 Å². The van der Waals surface area contributed by atoms with Crippen molar-refractivity contribution in [3.8, 4) is 5.75 Å². The molecule has 6 nitrogen and oxygen atoms in total. The zero-order valence-corrected chi connectivity index (χ0v) is 16.2. The number of carbonyl (C=O) groups is 3. The van der Waals surface area contributed by atoms with Gasteiger partial charge in [-0.15, -0.1) is 0 Å². The van der Waals surface area contributed by atoms with Gasteiger partial charge >= 0.3 is 5.97 Å². The predicted octanol–water partition coefficient (Wildman–Crippen LogP) is 2.86. The van der Waals surface area contributed by atoms with Crippen molar-refractivity contribution in [1.82, 2.24) is 0 Å². The van der Waals surface area contributed by atoms with Crippen molar-refractivity contribution in [2.24, 2.45) is 11.8 Å². The van der Waals surface area contributed by atoms with Gasteiger partial charge in [-0.3, -0.25) is 9.59 Å². The molecule has 0 spiro atoms. The molecule has 1 N–H and O–H groups in total. The van der Waals surface area contributed by atoms with Crippen LogP contribution in [0.3, 0.4) is 0 Å². The number of nitrogens with zero attached hydrogens (tertiary/aromatic N) is 1. The third-order valence-corrected chi connectivity index (χ3v) is 6.90. The van der Waals surface area contributed by atoms with Gasteiger partial charge in [0, 0.05) is 11.8 Å². The standard InChI is InChI=1S/C25H17NO5/c27-18-10-9-12(11-17(18)25(30)31)26-23(28)21-19-13-5-1-2-6-14(13)20(22(21)24(26)29)16-8-4-3-7-15(16)19/h1-11,19-22,27H,(H,30,31)/p-1/t19?,20?,21-,22+. The van der Waals surface area contributed by atoms with Gasteiger partial charge in [-0.25, -0.2) is 9.69 Å². The van der Waals surface area contributed by atoms with Crippen molar-refractivity contribution in [2.45, 2.75) is 11.8 Å². The molecule has 3 aliphatic carbocycles. The molecule has 0 aromatic heterocycles. The fourth-order valence-corrected chi connectivity index (χ4v) is 5.76. The summed E-state index contributed by atoms with van der Waals surface area (Å²) in [6.07, 6.45) is 0. The quantitative estimate of drug-likeness (QED) is 0.655. The lowest BCUT2D eigenvalue weighted by atomic mass is 9.55. The Bertz CT molecular complexity index is 1200. The first-order chi connectivity index (χ1) is 15.0. The lowest BCUT2D eigenvalue weighted by Crippen LogP contribution is -2.41. The lowest BCUT2D eigenvalue weighted by molar-refractivity contribution is -0.268. The summed E-state index contributed by atoms with van der Waals surface area (Å²) in [5, 5.41) is 21.2. The van der Waals surface area contributed by atoms with E-state index in [1.807, 2.05) is 48.5 Å². The number of hydrogen-bond donors (Lipinski definition) is 1. The van der Waals surface area contributed by atoms with Crippen LogP contribution in [0.25, 0.3) is 0 Å². The Morgan fingerprint density at radius 3 is 1.65 bits per heavy atom. The molecule has 31 heavy (non-hydrogen) atoms. The molecule has 2 amide bonds. The van der Waals surface area contributed by atoms with Crippen molar-refractivity contribution in [3.63, 3.8) is 0 Å².